The van der Waals surface area contributed by atoms with E-state index in [0.717, 1.165) is 5.56 Å². The Bertz CT molecular complexity index is 1290. The molecule has 186 valence electrons. The molecule has 1 fully saturated rings. The Balaban J connectivity index is 1.87. The molecule has 0 bridgehead atoms. The van der Waals surface area contributed by atoms with Crippen LogP contribution in [0.15, 0.2) is 72.6 Å². The molecule has 2 aromatic carbocycles. The zero-order valence-corrected chi connectivity index (χ0v) is 20.6. The summed E-state index contributed by atoms with van der Waals surface area (Å²) in [6.45, 7) is 3.94. The maximum atomic E-state index is 13.3. The van der Waals surface area contributed by atoms with Gasteiger partial charge in [0.2, 0.25) is 0 Å². The fourth-order valence-corrected chi connectivity index (χ4v) is 4.23. The number of carbonyl (C=O) groups is 2. The van der Waals surface area contributed by atoms with E-state index >= 15 is 0 Å². The van der Waals surface area contributed by atoms with Gasteiger partial charge in [-0.15, -0.1) is 0 Å². The molecular weight excluding hydrogens is 460 g/mol. The highest BCUT2D eigenvalue weighted by atomic mass is 16.5. The van der Waals surface area contributed by atoms with Crippen molar-refractivity contribution >= 4 is 17.4 Å². The van der Waals surface area contributed by atoms with Crippen molar-refractivity contribution in [3.63, 3.8) is 0 Å². The van der Waals surface area contributed by atoms with E-state index in [1.54, 1.807) is 60.9 Å². The maximum absolute atomic E-state index is 13.3. The predicted octanol–water partition coefficient (Wildman–Crippen LogP) is 4.51. The number of carbonyl (C=O) groups excluding carboxylic acids is 2. The maximum Gasteiger partial charge on any atom is 0.295 e. The quantitative estimate of drug-likeness (QED) is 0.283. The van der Waals surface area contributed by atoms with Gasteiger partial charge in [0.15, 0.2) is 0 Å². The van der Waals surface area contributed by atoms with Gasteiger partial charge >= 0.3 is 0 Å². The van der Waals surface area contributed by atoms with Crippen molar-refractivity contribution in [2.45, 2.75) is 32.5 Å². The predicted molar refractivity (Wildman–Crippen MR) is 134 cm³/mol. The normalized spacial score (nSPS) is 16.9. The molecule has 1 aliphatic heterocycles. The largest absolute Gasteiger partial charge is 0.507 e. The molecule has 4 rings (SSSR count). The van der Waals surface area contributed by atoms with Crippen LogP contribution in [0.1, 0.15) is 36.6 Å². The Hall–Kier alpha value is -4.33. The second-order valence-electron chi connectivity index (χ2n) is 8.59. The van der Waals surface area contributed by atoms with E-state index in [0.29, 0.717) is 28.4 Å². The topological polar surface area (TPSA) is 98.2 Å². The van der Waals surface area contributed by atoms with Gasteiger partial charge in [0.05, 0.1) is 31.9 Å². The fourth-order valence-electron chi connectivity index (χ4n) is 4.23. The molecule has 0 spiro atoms. The van der Waals surface area contributed by atoms with Crippen LogP contribution in [0.25, 0.3) is 5.76 Å². The van der Waals surface area contributed by atoms with E-state index in [9.17, 15) is 14.7 Å². The average Bonchev–Trinajstić information content (AvgIpc) is 3.13. The van der Waals surface area contributed by atoms with Crippen LogP contribution in [0.5, 0.6) is 17.2 Å². The summed E-state index contributed by atoms with van der Waals surface area (Å²) >= 11 is 0. The first kappa shape index (κ1) is 24.8. The van der Waals surface area contributed by atoms with E-state index in [4.69, 9.17) is 14.2 Å². The molecule has 0 radical (unpaired) electrons. The highest BCUT2D eigenvalue weighted by molar-refractivity contribution is 6.46. The van der Waals surface area contributed by atoms with Crippen molar-refractivity contribution in [3.8, 4) is 17.2 Å². The molecule has 3 aromatic rings. The van der Waals surface area contributed by atoms with E-state index in [-0.39, 0.29) is 24.0 Å². The first-order valence-corrected chi connectivity index (χ1v) is 11.5. The number of pyridine rings is 1. The van der Waals surface area contributed by atoms with Crippen molar-refractivity contribution in [1.29, 1.82) is 0 Å². The lowest BCUT2D eigenvalue weighted by atomic mass is 9.94. The molecule has 8 nitrogen and oxygen atoms in total. The van der Waals surface area contributed by atoms with Crippen molar-refractivity contribution in [1.82, 2.24) is 9.88 Å². The SMILES string of the molecule is COc1ccc(OC)c([C@H]2C(=C(O)c3ccc(OC(C)C)cc3)C(=O)C(=O)N2Cc2cccnc2)c1. The molecule has 1 atom stereocenters. The van der Waals surface area contributed by atoms with Gasteiger partial charge in [0, 0.05) is 30.1 Å². The molecular formula is C28H28N2O6. The van der Waals surface area contributed by atoms with Crippen LogP contribution in [-0.4, -0.2) is 47.0 Å². The Morgan fingerprint density at radius 3 is 2.36 bits per heavy atom. The van der Waals surface area contributed by atoms with Crippen molar-refractivity contribution in [2.75, 3.05) is 14.2 Å². The molecule has 8 heteroatoms. The number of aromatic nitrogens is 1. The second-order valence-corrected chi connectivity index (χ2v) is 8.59. The van der Waals surface area contributed by atoms with Gasteiger partial charge in [-0.05, 0) is 67.9 Å². The van der Waals surface area contributed by atoms with Gasteiger partial charge in [0.25, 0.3) is 11.7 Å². The Labute approximate surface area is 209 Å². The lowest BCUT2D eigenvalue weighted by Crippen LogP contribution is -2.29. The molecule has 1 saturated heterocycles. The zero-order valence-electron chi connectivity index (χ0n) is 20.6. The average molecular weight is 489 g/mol. The van der Waals surface area contributed by atoms with Gasteiger partial charge in [-0.25, -0.2) is 0 Å². The number of amides is 1. The molecule has 1 aliphatic rings. The molecule has 1 aromatic heterocycles. The third-order valence-corrected chi connectivity index (χ3v) is 5.85. The van der Waals surface area contributed by atoms with Crippen LogP contribution < -0.4 is 14.2 Å². The number of methoxy groups -OCH3 is 2. The minimum absolute atomic E-state index is 0.0113. The van der Waals surface area contributed by atoms with Gasteiger partial charge in [0.1, 0.15) is 23.0 Å². The number of nitrogens with zero attached hydrogens (tertiary/aromatic N) is 2. The smallest absolute Gasteiger partial charge is 0.295 e. The van der Waals surface area contributed by atoms with Crippen molar-refractivity contribution in [2.24, 2.45) is 0 Å². The third kappa shape index (κ3) is 4.88. The summed E-state index contributed by atoms with van der Waals surface area (Å²) in [6.07, 6.45) is 3.25. The van der Waals surface area contributed by atoms with Gasteiger partial charge in [-0.3, -0.25) is 14.6 Å². The Morgan fingerprint density at radius 1 is 1.03 bits per heavy atom. The summed E-state index contributed by atoms with van der Waals surface area (Å²) < 4.78 is 16.7. The van der Waals surface area contributed by atoms with E-state index < -0.39 is 17.7 Å². The number of ketones is 1. The molecule has 0 saturated carbocycles. The molecule has 2 heterocycles. The second kappa shape index (κ2) is 10.5. The third-order valence-electron chi connectivity index (χ3n) is 5.85. The molecule has 1 N–H and O–H groups in total. The summed E-state index contributed by atoms with van der Waals surface area (Å²) in [4.78, 5) is 32.2. The van der Waals surface area contributed by atoms with Crippen LogP contribution in [0, 0.1) is 0 Å². The number of hydrogen-bond donors (Lipinski definition) is 1. The summed E-state index contributed by atoms with van der Waals surface area (Å²) in [5.74, 6) is -0.195. The summed E-state index contributed by atoms with van der Waals surface area (Å²) in [5.41, 5.74) is 1.60. The molecule has 36 heavy (non-hydrogen) atoms. The van der Waals surface area contributed by atoms with Crippen LogP contribution in [0.2, 0.25) is 0 Å². The number of aliphatic hydroxyl groups is 1. The minimum atomic E-state index is -0.915. The first-order chi connectivity index (χ1) is 17.3. The number of ether oxygens (including phenoxy) is 3. The minimum Gasteiger partial charge on any atom is -0.507 e. The number of hydrogen-bond acceptors (Lipinski definition) is 7. The van der Waals surface area contributed by atoms with Crippen molar-refractivity contribution in [3.05, 3.63) is 89.3 Å². The van der Waals surface area contributed by atoms with Gasteiger partial charge in [-0.2, -0.15) is 0 Å². The number of Topliss-reactive ketones (excluding diaryl/α,β-unsaturated/α-hetero) is 1. The van der Waals surface area contributed by atoms with E-state index in [2.05, 4.69) is 4.98 Å². The monoisotopic (exact) mass is 488 g/mol. The number of rotatable bonds is 8. The first-order valence-electron chi connectivity index (χ1n) is 11.5. The standard InChI is InChI=1S/C28H28N2O6/c1-17(2)36-20-9-7-19(8-10-20)26(31)24-25(22-14-21(34-3)11-12-23(22)35-4)30(28(33)27(24)32)16-18-6-5-13-29-15-18/h5-15,17,25,31H,16H2,1-4H3/t25-/m0/s1. The van der Waals surface area contributed by atoms with Crippen molar-refractivity contribution < 1.29 is 28.9 Å². The number of likely N-dealkylation sites (tertiary alicyclic amines) is 1. The summed E-state index contributed by atoms with van der Waals surface area (Å²) in [5, 5.41) is 11.3. The zero-order chi connectivity index (χ0) is 25.8. The fraction of sp³-hybridized carbons (Fsp3) is 0.250. The molecule has 0 unspecified atom stereocenters. The van der Waals surface area contributed by atoms with Crippen LogP contribution >= 0.6 is 0 Å². The Kier molecular flexibility index (Phi) is 7.24. The number of aliphatic hydroxyl groups excluding tert-OH is 1. The lowest BCUT2D eigenvalue weighted by molar-refractivity contribution is -0.140. The van der Waals surface area contributed by atoms with Gasteiger partial charge in [-0.1, -0.05) is 6.07 Å². The van der Waals surface area contributed by atoms with E-state index in [1.165, 1.54) is 19.1 Å². The Morgan fingerprint density at radius 2 is 1.75 bits per heavy atom. The molecule has 0 aliphatic carbocycles. The lowest BCUT2D eigenvalue weighted by Gasteiger charge is -2.27. The highest BCUT2D eigenvalue weighted by Crippen LogP contribution is 2.44. The van der Waals surface area contributed by atoms with Crippen LogP contribution in [-0.2, 0) is 16.1 Å². The summed E-state index contributed by atoms with van der Waals surface area (Å²) in [6, 6.07) is 14.5. The number of benzene rings is 2. The van der Waals surface area contributed by atoms with E-state index in [1.807, 2.05) is 19.9 Å². The highest BCUT2D eigenvalue weighted by Gasteiger charge is 2.47. The summed E-state index contributed by atoms with van der Waals surface area (Å²) in [7, 11) is 3.03. The van der Waals surface area contributed by atoms with Crippen LogP contribution in [0.4, 0.5) is 0 Å². The molecule has 1 amide bonds. The van der Waals surface area contributed by atoms with Crippen LogP contribution in [0.3, 0.4) is 0 Å². The van der Waals surface area contributed by atoms with Gasteiger partial charge < -0.3 is 24.2 Å².